The third-order valence-corrected chi connectivity index (χ3v) is 5.13. The third kappa shape index (κ3) is 2.35. The summed E-state index contributed by atoms with van der Waals surface area (Å²) in [5.74, 6) is 1.17. The van der Waals surface area contributed by atoms with Gasteiger partial charge in [0.05, 0.1) is 10.6 Å². The Morgan fingerprint density at radius 2 is 2.35 bits per heavy atom. The molecule has 2 aromatic rings. The Labute approximate surface area is 122 Å². The first kappa shape index (κ1) is 13.3. The highest BCUT2D eigenvalue weighted by molar-refractivity contribution is 7.14. The van der Waals surface area contributed by atoms with Crippen LogP contribution in [0.2, 0.25) is 0 Å². The molecule has 0 bridgehead atoms. The lowest BCUT2D eigenvalue weighted by Gasteiger charge is -2.16. The summed E-state index contributed by atoms with van der Waals surface area (Å²) in [5, 5.41) is 10.7. The number of fused-ring (bicyclic) bond motifs is 1. The predicted octanol–water partition coefficient (Wildman–Crippen LogP) is 2.56. The number of hydrogen-bond acceptors (Lipinski definition) is 4. The number of anilines is 1. The predicted molar refractivity (Wildman–Crippen MR) is 79.2 cm³/mol. The number of amides is 1. The summed E-state index contributed by atoms with van der Waals surface area (Å²) in [6, 6.07) is 2.04. The van der Waals surface area contributed by atoms with Crippen molar-refractivity contribution in [1.82, 2.24) is 15.0 Å². The van der Waals surface area contributed by atoms with Crippen LogP contribution in [0, 0.1) is 12.8 Å². The Balaban J connectivity index is 1.79. The van der Waals surface area contributed by atoms with E-state index in [1.807, 2.05) is 20.0 Å². The Hall–Kier alpha value is -1.69. The molecule has 2 aromatic heterocycles. The second-order valence-corrected chi connectivity index (χ2v) is 6.64. The third-order valence-electron chi connectivity index (χ3n) is 3.89. The van der Waals surface area contributed by atoms with E-state index in [4.69, 9.17) is 0 Å². The van der Waals surface area contributed by atoms with E-state index < -0.39 is 0 Å². The maximum atomic E-state index is 12.3. The van der Waals surface area contributed by atoms with Crippen molar-refractivity contribution in [3.8, 4) is 0 Å². The highest BCUT2D eigenvalue weighted by Gasteiger charge is 2.21. The van der Waals surface area contributed by atoms with Gasteiger partial charge in [-0.3, -0.25) is 9.48 Å². The maximum absolute atomic E-state index is 12.3. The zero-order valence-electron chi connectivity index (χ0n) is 11.9. The van der Waals surface area contributed by atoms with E-state index in [0.29, 0.717) is 5.82 Å². The van der Waals surface area contributed by atoms with Crippen molar-refractivity contribution in [2.45, 2.75) is 33.1 Å². The zero-order valence-corrected chi connectivity index (χ0v) is 12.8. The maximum Gasteiger partial charge on any atom is 0.266 e. The van der Waals surface area contributed by atoms with Crippen molar-refractivity contribution < 1.29 is 4.79 Å². The summed E-state index contributed by atoms with van der Waals surface area (Å²) in [4.78, 5) is 14.4. The van der Waals surface area contributed by atoms with Gasteiger partial charge in [-0.15, -0.1) is 16.4 Å². The van der Waals surface area contributed by atoms with Gasteiger partial charge in [-0.1, -0.05) is 12.1 Å². The van der Waals surface area contributed by atoms with Gasteiger partial charge >= 0.3 is 0 Å². The fraction of sp³-hybridized carbons (Fsp3) is 0.500. The molecular weight excluding hydrogens is 272 g/mol. The second-order valence-electron chi connectivity index (χ2n) is 5.51. The first-order valence-electron chi connectivity index (χ1n) is 6.84. The minimum atomic E-state index is -0.0827. The molecule has 1 aliphatic rings. The molecule has 0 saturated carbocycles. The van der Waals surface area contributed by atoms with E-state index in [-0.39, 0.29) is 5.91 Å². The van der Waals surface area contributed by atoms with Gasteiger partial charge in [0.1, 0.15) is 0 Å². The average Bonchev–Trinajstić information content (AvgIpc) is 2.96. The molecule has 0 aliphatic heterocycles. The minimum absolute atomic E-state index is 0.0827. The molecule has 6 heteroatoms. The zero-order chi connectivity index (χ0) is 14.3. The lowest BCUT2D eigenvalue weighted by atomic mass is 9.90. The number of thiophene rings is 1. The lowest BCUT2D eigenvalue weighted by Crippen LogP contribution is -2.11. The molecule has 0 spiro atoms. The van der Waals surface area contributed by atoms with E-state index in [2.05, 4.69) is 22.6 Å². The summed E-state index contributed by atoms with van der Waals surface area (Å²) in [6.07, 6.45) is 3.40. The molecule has 0 saturated heterocycles. The van der Waals surface area contributed by atoms with E-state index in [1.165, 1.54) is 16.9 Å². The summed E-state index contributed by atoms with van der Waals surface area (Å²) in [5.41, 5.74) is 2.20. The number of carbonyl (C=O) groups excluding carboxylic acids is 1. The fourth-order valence-electron chi connectivity index (χ4n) is 2.51. The van der Waals surface area contributed by atoms with Crippen LogP contribution < -0.4 is 5.32 Å². The molecule has 5 nitrogen and oxygen atoms in total. The molecule has 0 aromatic carbocycles. The standard InChI is InChI=1S/C14H18N4OS/c1-8-4-5-11-10(6-8)7-12(20-11)14(19)15-13-9(2)18(3)17-16-13/h7-8H,4-6H2,1-3H3,(H,15,19). The molecule has 1 atom stereocenters. The van der Waals surface area contributed by atoms with Crippen molar-refractivity contribution >= 4 is 23.1 Å². The van der Waals surface area contributed by atoms with E-state index in [0.717, 1.165) is 29.3 Å². The van der Waals surface area contributed by atoms with Crippen LogP contribution in [-0.2, 0) is 19.9 Å². The van der Waals surface area contributed by atoms with Crippen molar-refractivity contribution in [2.24, 2.45) is 13.0 Å². The summed E-state index contributed by atoms with van der Waals surface area (Å²) in [6.45, 7) is 4.15. The van der Waals surface area contributed by atoms with Gasteiger partial charge in [0, 0.05) is 11.9 Å². The molecule has 1 N–H and O–H groups in total. The van der Waals surface area contributed by atoms with Crippen LogP contribution in [-0.4, -0.2) is 20.9 Å². The van der Waals surface area contributed by atoms with Gasteiger partial charge in [0.15, 0.2) is 5.82 Å². The number of hydrogen-bond donors (Lipinski definition) is 1. The topological polar surface area (TPSA) is 59.8 Å². The molecule has 20 heavy (non-hydrogen) atoms. The average molecular weight is 290 g/mol. The Morgan fingerprint density at radius 1 is 1.55 bits per heavy atom. The normalized spacial score (nSPS) is 17.9. The summed E-state index contributed by atoms with van der Waals surface area (Å²) >= 11 is 1.61. The molecule has 1 aliphatic carbocycles. The van der Waals surface area contributed by atoms with E-state index in [1.54, 1.807) is 16.0 Å². The van der Waals surface area contributed by atoms with Crippen LogP contribution in [0.1, 0.15) is 39.2 Å². The van der Waals surface area contributed by atoms with Crippen molar-refractivity contribution in [1.29, 1.82) is 0 Å². The smallest absolute Gasteiger partial charge is 0.266 e. The fourth-order valence-corrected chi connectivity index (χ4v) is 3.61. The van der Waals surface area contributed by atoms with Crippen LogP contribution in [0.25, 0.3) is 0 Å². The largest absolute Gasteiger partial charge is 0.303 e. The number of aromatic nitrogens is 3. The summed E-state index contributed by atoms with van der Waals surface area (Å²) in [7, 11) is 1.81. The van der Waals surface area contributed by atoms with Gasteiger partial charge in [-0.25, -0.2) is 0 Å². The quantitative estimate of drug-likeness (QED) is 0.924. The van der Waals surface area contributed by atoms with Gasteiger partial charge in [-0.05, 0) is 43.7 Å². The molecule has 3 rings (SSSR count). The number of nitrogens with one attached hydrogen (secondary N) is 1. The van der Waals surface area contributed by atoms with E-state index >= 15 is 0 Å². The minimum Gasteiger partial charge on any atom is -0.303 e. The van der Waals surface area contributed by atoms with Crippen molar-refractivity contribution in [2.75, 3.05) is 5.32 Å². The van der Waals surface area contributed by atoms with Crippen molar-refractivity contribution in [3.63, 3.8) is 0 Å². The number of aryl methyl sites for hydroxylation is 2. The number of nitrogens with zero attached hydrogens (tertiary/aromatic N) is 3. The SMILES string of the molecule is Cc1c(NC(=O)c2cc3c(s2)CCC(C)C3)nnn1C. The molecule has 106 valence electrons. The van der Waals surface area contributed by atoms with Gasteiger partial charge in [0.2, 0.25) is 0 Å². The van der Waals surface area contributed by atoms with Gasteiger partial charge < -0.3 is 5.32 Å². The monoisotopic (exact) mass is 290 g/mol. The highest BCUT2D eigenvalue weighted by Crippen LogP contribution is 2.32. The van der Waals surface area contributed by atoms with Gasteiger partial charge in [0.25, 0.3) is 5.91 Å². The highest BCUT2D eigenvalue weighted by atomic mass is 32.1. The van der Waals surface area contributed by atoms with Crippen LogP contribution in [0.5, 0.6) is 0 Å². The Morgan fingerprint density at radius 3 is 3.05 bits per heavy atom. The lowest BCUT2D eigenvalue weighted by molar-refractivity contribution is 0.103. The Bertz CT molecular complexity index is 658. The Kier molecular flexibility index (Phi) is 3.33. The van der Waals surface area contributed by atoms with Crippen LogP contribution in [0.4, 0.5) is 5.82 Å². The first-order chi connectivity index (χ1) is 9.54. The molecule has 0 fully saturated rings. The molecule has 0 radical (unpaired) electrons. The molecular formula is C14H18N4OS. The van der Waals surface area contributed by atoms with E-state index in [9.17, 15) is 4.79 Å². The molecule has 2 heterocycles. The molecule has 1 unspecified atom stereocenters. The van der Waals surface area contributed by atoms with Crippen molar-refractivity contribution in [3.05, 3.63) is 27.1 Å². The molecule has 1 amide bonds. The van der Waals surface area contributed by atoms with Crippen LogP contribution in [0.3, 0.4) is 0 Å². The summed E-state index contributed by atoms with van der Waals surface area (Å²) < 4.78 is 1.65. The first-order valence-corrected chi connectivity index (χ1v) is 7.65. The van der Waals surface area contributed by atoms with Crippen LogP contribution >= 0.6 is 11.3 Å². The van der Waals surface area contributed by atoms with Gasteiger partial charge in [-0.2, -0.15) is 0 Å². The second kappa shape index (κ2) is 5.01. The van der Waals surface area contributed by atoms with Crippen LogP contribution in [0.15, 0.2) is 6.07 Å². The number of rotatable bonds is 2. The number of carbonyl (C=O) groups is 1.